The number of hydrogen-bond donors (Lipinski definition) is 0. The van der Waals surface area contributed by atoms with E-state index in [9.17, 15) is 19.3 Å². The summed E-state index contributed by atoms with van der Waals surface area (Å²) in [4.78, 5) is 25.7. The molecule has 0 aliphatic carbocycles. The third-order valence-electron chi connectivity index (χ3n) is 3.25. The number of pyridine rings is 1. The number of carbonyl (C=O) groups is 1. The summed E-state index contributed by atoms with van der Waals surface area (Å²) < 4.78 is 22.8. The maximum absolute atomic E-state index is 12.9. The largest absolute Gasteiger partial charge is 0.490 e. The van der Waals surface area contributed by atoms with Gasteiger partial charge >= 0.3 is 17.9 Å². The lowest BCUT2D eigenvalue weighted by Gasteiger charge is -2.23. The van der Waals surface area contributed by atoms with E-state index in [2.05, 4.69) is 9.72 Å². The smallest absolute Gasteiger partial charge is 0.410 e. The predicted octanol–water partition coefficient (Wildman–Crippen LogP) is 4.49. The number of likely N-dealkylation sites (tertiary alicyclic amines) is 1. The Bertz CT molecular complexity index is 603. The molecule has 0 unspecified atom stereocenters. The molecule has 2 heterocycles. The molecule has 1 aliphatic rings. The average Bonchev–Trinajstić information content (AvgIpc) is 3.10. The van der Waals surface area contributed by atoms with Crippen molar-refractivity contribution in [3.05, 3.63) is 27.7 Å². The molecule has 1 saturated heterocycles. The summed E-state index contributed by atoms with van der Waals surface area (Å²) in [7, 11) is 1.28. The van der Waals surface area contributed by atoms with Gasteiger partial charge in [-0.3, -0.25) is 0 Å². The van der Waals surface area contributed by atoms with Crippen LogP contribution in [0.4, 0.5) is 15.0 Å². The zero-order valence-corrected chi connectivity index (χ0v) is 17.2. The second kappa shape index (κ2) is 11.3. The second-order valence-electron chi connectivity index (χ2n) is 6.55. The van der Waals surface area contributed by atoms with Crippen LogP contribution < -0.4 is 4.74 Å². The van der Waals surface area contributed by atoms with Crippen molar-refractivity contribution in [2.24, 2.45) is 0 Å². The minimum atomic E-state index is -0.964. The molecule has 0 saturated carbocycles. The van der Waals surface area contributed by atoms with Crippen LogP contribution in [0, 0.1) is 23.0 Å². The standard InChI is InChI=1S/C9H17NO2.C7H7FN2O3.C2H6/c1-9(2,3)12-8(11)10-6-4-5-7-10;1-4-3-5(10(11)12)9-7(8)6(4)13-2;1-2/h4-7H2,1-3H3;3H,1-2H3;1-2H3. The van der Waals surface area contributed by atoms with E-state index in [1.165, 1.54) is 14.0 Å². The highest BCUT2D eigenvalue weighted by atomic mass is 19.1. The van der Waals surface area contributed by atoms with E-state index in [-0.39, 0.29) is 17.4 Å². The first kappa shape index (κ1) is 24.6. The minimum absolute atomic E-state index is 0.0643. The molecule has 1 aromatic heterocycles. The number of nitrogens with zero attached hydrogens (tertiary/aromatic N) is 3. The fourth-order valence-electron chi connectivity index (χ4n) is 2.17. The maximum atomic E-state index is 12.9. The Hall–Kier alpha value is -2.45. The number of amides is 1. The van der Waals surface area contributed by atoms with Crippen molar-refractivity contribution in [2.45, 2.75) is 60.0 Å². The van der Waals surface area contributed by atoms with Gasteiger partial charge in [0.25, 0.3) is 0 Å². The molecular formula is C18H30FN3O5. The summed E-state index contributed by atoms with van der Waals surface area (Å²) in [6.45, 7) is 12.9. The van der Waals surface area contributed by atoms with Crippen LogP contribution in [0.5, 0.6) is 5.75 Å². The number of hydrogen-bond acceptors (Lipinski definition) is 6. The van der Waals surface area contributed by atoms with Crippen molar-refractivity contribution < 1.29 is 23.6 Å². The third kappa shape index (κ3) is 8.65. The van der Waals surface area contributed by atoms with Crippen molar-refractivity contribution in [3.63, 3.8) is 0 Å². The lowest BCUT2D eigenvalue weighted by Crippen LogP contribution is -2.34. The van der Waals surface area contributed by atoms with Crippen LogP contribution in [0.2, 0.25) is 0 Å². The Labute approximate surface area is 159 Å². The summed E-state index contributed by atoms with van der Waals surface area (Å²) in [5.41, 5.74) is -0.0126. The third-order valence-corrected chi connectivity index (χ3v) is 3.25. The van der Waals surface area contributed by atoms with E-state index in [4.69, 9.17) is 4.74 Å². The average molecular weight is 387 g/mol. The molecular weight excluding hydrogens is 357 g/mol. The molecule has 0 spiro atoms. The van der Waals surface area contributed by atoms with Gasteiger partial charge in [-0.15, -0.1) is 0 Å². The SMILES string of the molecule is CC.CC(C)(C)OC(=O)N1CCCC1.COc1c(C)cc([N+](=O)[O-])nc1F. The van der Waals surface area contributed by atoms with Gasteiger partial charge in [-0.05, 0) is 50.4 Å². The van der Waals surface area contributed by atoms with Gasteiger partial charge in [-0.25, -0.2) is 4.79 Å². The van der Waals surface area contributed by atoms with E-state index < -0.39 is 16.7 Å². The number of rotatable bonds is 2. The quantitative estimate of drug-likeness (QED) is 0.421. The number of aryl methyl sites for hydroxylation is 1. The van der Waals surface area contributed by atoms with Gasteiger partial charge in [0, 0.05) is 24.7 Å². The van der Waals surface area contributed by atoms with Gasteiger partial charge in [0.15, 0.2) is 0 Å². The van der Waals surface area contributed by atoms with E-state index in [1.807, 2.05) is 34.6 Å². The molecule has 0 aromatic carbocycles. The summed E-state index contributed by atoms with van der Waals surface area (Å²) in [6.07, 6.45) is 2.05. The van der Waals surface area contributed by atoms with Crippen LogP contribution in [0.3, 0.4) is 0 Å². The number of halogens is 1. The van der Waals surface area contributed by atoms with E-state index in [1.54, 1.807) is 4.90 Å². The molecule has 154 valence electrons. The number of carbonyl (C=O) groups excluding carboxylic acids is 1. The Balaban J connectivity index is 0.000000460. The van der Waals surface area contributed by atoms with E-state index in [0.717, 1.165) is 32.0 Å². The minimum Gasteiger partial charge on any atom is -0.490 e. The fraction of sp³-hybridized carbons (Fsp3) is 0.667. The van der Waals surface area contributed by atoms with Crippen LogP contribution in [0.15, 0.2) is 6.07 Å². The van der Waals surface area contributed by atoms with Crippen molar-refractivity contribution in [1.82, 2.24) is 9.88 Å². The monoisotopic (exact) mass is 387 g/mol. The summed E-state index contributed by atoms with van der Waals surface area (Å²) >= 11 is 0. The number of aromatic nitrogens is 1. The highest BCUT2D eigenvalue weighted by molar-refractivity contribution is 5.68. The zero-order valence-electron chi connectivity index (χ0n) is 17.2. The van der Waals surface area contributed by atoms with Crippen molar-refractivity contribution >= 4 is 11.9 Å². The fourth-order valence-corrected chi connectivity index (χ4v) is 2.17. The zero-order chi connectivity index (χ0) is 21.2. The van der Waals surface area contributed by atoms with Crippen LogP contribution in [-0.2, 0) is 4.74 Å². The molecule has 0 bridgehead atoms. The van der Waals surface area contributed by atoms with Crippen LogP contribution >= 0.6 is 0 Å². The molecule has 0 N–H and O–H groups in total. The van der Waals surface area contributed by atoms with Gasteiger partial charge in [0.1, 0.15) is 5.60 Å². The topological polar surface area (TPSA) is 94.8 Å². The van der Waals surface area contributed by atoms with Gasteiger partial charge in [0.05, 0.1) is 7.11 Å². The highest BCUT2D eigenvalue weighted by Gasteiger charge is 2.24. The first-order valence-electron chi connectivity index (χ1n) is 8.88. The number of nitro groups is 1. The normalized spacial score (nSPS) is 13.0. The lowest BCUT2D eigenvalue weighted by atomic mass is 10.2. The molecule has 0 radical (unpaired) electrons. The summed E-state index contributed by atoms with van der Waals surface area (Å²) in [5, 5.41) is 10.2. The highest BCUT2D eigenvalue weighted by Crippen LogP contribution is 2.23. The van der Waals surface area contributed by atoms with Gasteiger partial charge in [-0.1, -0.05) is 13.8 Å². The van der Waals surface area contributed by atoms with Crippen LogP contribution in [-0.4, -0.2) is 46.7 Å². The molecule has 1 amide bonds. The van der Waals surface area contributed by atoms with Crippen molar-refractivity contribution in [3.8, 4) is 5.75 Å². The molecule has 1 fully saturated rings. The van der Waals surface area contributed by atoms with Gasteiger partial charge < -0.3 is 24.5 Å². The Morgan fingerprint density at radius 2 is 1.81 bits per heavy atom. The number of methoxy groups -OCH3 is 1. The van der Waals surface area contributed by atoms with Crippen molar-refractivity contribution in [2.75, 3.05) is 20.2 Å². The molecule has 1 aliphatic heterocycles. The van der Waals surface area contributed by atoms with Crippen LogP contribution in [0.25, 0.3) is 0 Å². The summed E-state index contributed by atoms with van der Waals surface area (Å²) in [6, 6.07) is 1.15. The molecule has 8 nitrogen and oxygen atoms in total. The predicted molar refractivity (Wildman–Crippen MR) is 101 cm³/mol. The first-order chi connectivity index (χ1) is 12.5. The Kier molecular flexibility index (Phi) is 10.3. The van der Waals surface area contributed by atoms with Crippen molar-refractivity contribution in [1.29, 1.82) is 0 Å². The molecule has 0 atom stereocenters. The maximum Gasteiger partial charge on any atom is 0.410 e. The number of ether oxygens (including phenoxy) is 2. The second-order valence-corrected chi connectivity index (χ2v) is 6.55. The first-order valence-corrected chi connectivity index (χ1v) is 8.88. The lowest BCUT2D eigenvalue weighted by molar-refractivity contribution is -0.390. The van der Waals surface area contributed by atoms with E-state index >= 15 is 0 Å². The Morgan fingerprint density at radius 3 is 2.19 bits per heavy atom. The molecule has 9 heteroatoms. The van der Waals surface area contributed by atoms with Gasteiger partial charge in [-0.2, -0.15) is 4.39 Å². The molecule has 27 heavy (non-hydrogen) atoms. The van der Waals surface area contributed by atoms with E-state index in [0.29, 0.717) is 5.56 Å². The van der Waals surface area contributed by atoms with Crippen LogP contribution in [0.1, 0.15) is 53.0 Å². The molecule has 1 aromatic rings. The van der Waals surface area contributed by atoms with Gasteiger partial charge in [0.2, 0.25) is 5.75 Å². The molecule has 2 rings (SSSR count). The summed E-state index contributed by atoms with van der Waals surface area (Å²) in [5.74, 6) is -1.55. The Morgan fingerprint density at radius 1 is 1.30 bits per heavy atom.